The molecule has 0 spiro atoms. The van der Waals surface area contributed by atoms with Gasteiger partial charge < -0.3 is 15.2 Å². The maximum Gasteiger partial charge on any atom is 0.254 e. The molecular formula is C25H28FN5O2S. The van der Waals surface area contributed by atoms with Gasteiger partial charge >= 0.3 is 0 Å². The van der Waals surface area contributed by atoms with E-state index in [9.17, 15) is 14.0 Å². The van der Waals surface area contributed by atoms with Crippen molar-refractivity contribution in [3.8, 4) is 0 Å². The molecule has 0 bridgehead atoms. The van der Waals surface area contributed by atoms with E-state index < -0.39 is 17.8 Å². The molecule has 9 heteroatoms. The zero-order valence-corrected chi connectivity index (χ0v) is 20.2. The summed E-state index contributed by atoms with van der Waals surface area (Å²) in [5, 5.41) is 14.5. The summed E-state index contributed by atoms with van der Waals surface area (Å²) >= 11 is 1.24. The molecular weight excluding hydrogens is 453 g/mol. The molecule has 2 N–H and O–H groups in total. The van der Waals surface area contributed by atoms with E-state index in [4.69, 9.17) is 0 Å². The first-order chi connectivity index (χ1) is 16.3. The topological polar surface area (TPSA) is 88.9 Å². The van der Waals surface area contributed by atoms with Crippen LogP contribution in [0.2, 0.25) is 0 Å². The molecule has 1 aromatic heterocycles. The summed E-state index contributed by atoms with van der Waals surface area (Å²) < 4.78 is 15.7. The molecule has 3 rings (SSSR count). The second-order valence-corrected chi connectivity index (χ2v) is 8.97. The molecule has 0 fully saturated rings. The van der Waals surface area contributed by atoms with Crippen LogP contribution in [0.4, 0.5) is 10.1 Å². The van der Waals surface area contributed by atoms with Crippen LogP contribution in [0.1, 0.15) is 54.5 Å². The second kappa shape index (κ2) is 11.6. The van der Waals surface area contributed by atoms with Gasteiger partial charge in [0.05, 0.1) is 17.4 Å². The number of hydrogen-bond donors (Lipinski definition) is 2. The minimum absolute atomic E-state index is 0.0446. The summed E-state index contributed by atoms with van der Waals surface area (Å²) in [6.45, 7) is 10.1. The van der Waals surface area contributed by atoms with E-state index in [1.165, 1.54) is 35.5 Å². The van der Waals surface area contributed by atoms with E-state index in [2.05, 4.69) is 41.3 Å². The van der Waals surface area contributed by atoms with Gasteiger partial charge in [0, 0.05) is 12.2 Å². The van der Waals surface area contributed by atoms with Gasteiger partial charge in [-0.1, -0.05) is 56.0 Å². The number of nitrogens with one attached hydrogen (secondary N) is 2. The van der Waals surface area contributed by atoms with E-state index in [1.54, 1.807) is 23.6 Å². The number of anilines is 1. The lowest BCUT2D eigenvalue weighted by atomic mass is 10.0. The number of carbonyl (C=O) groups is 2. The van der Waals surface area contributed by atoms with Crippen molar-refractivity contribution in [1.29, 1.82) is 0 Å². The largest absolute Gasteiger partial charge is 0.342 e. The third-order valence-electron chi connectivity index (χ3n) is 5.10. The van der Waals surface area contributed by atoms with E-state index in [0.717, 1.165) is 5.69 Å². The molecule has 178 valence electrons. The number of rotatable bonds is 10. The Kier molecular flexibility index (Phi) is 8.59. The Balaban J connectivity index is 1.64. The quantitative estimate of drug-likeness (QED) is 0.316. The molecule has 0 radical (unpaired) electrons. The van der Waals surface area contributed by atoms with Gasteiger partial charge in [-0.2, -0.15) is 0 Å². The molecule has 0 unspecified atom stereocenters. The lowest BCUT2D eigenvalue weighted by Crippen LogP contribution is -2.29. The van der Waals surface area contributed by atoms with Gasteiger partial charge in [-0.25, -0.2) is 4.39 Å². The average molecular weight is 482 g/mol. The number of carbonyl (C=O) groups excluding carboxylic acids is 2. The zero-order valence-electron chi connectivity index (χ0n) is 19.4. The van der Waals surface area contributed by atoms with Crippen molar-refractivity contribution in [2.75, 3.05) is 11.1 Å². The van der Waals surface area contributed by atoms with Gasteiger partial charge in [0.15, 0.2) is 11.0 Å². The van der Waals surface area contributed by atoms with E-state index in [1.807, 2.05) is 24.3 Å². The fourth-order valence-electron chi connectivity index (χ4n) is 3.29. The number of allylic oxidation sites excluding steroid dienone is 1. The highest BCUT2D eigenvalue weighted by atomic mass is 32.2. The first kappa shape index (κ1) is 25.2. The van der Waals surface area contributed by atoms with Crippen molar-refractivity contribution in [1.82, 2.24) is 20.1 Å². The minimum atomic E-state index is -0.596. The normalized spacial score (nSPS) is 11.8. The lowest BCUT2D eigenvalue weighted by molar-refractivity contribution is -0.113. The Bertz CT molecular complexity index is 1160. The molecule has 1 atom stereocenters. The molecule has 0 aliphatic heterocycles. The number of aromatic nitrogens is 3. The number of halogens is 1. The molecule has 2 aromatic carbocycles. The maximum atomic E-state index is 13.9. The predicted octanol–water partition coefficient (Wildman–Crippen LogP) is 4.95. The van der Waals surface area contributed by atoms with Crippen LogP contribution in [0, 0.1) is 5.82 Å². The third kappa shape index (κ3) is 6.32. The molecule has 34 heavy (non-hydrogen) atoms. The SMILES string of the molecule is C=CCn1c(SCC(=O)Nc2ccc(C(C)C)cc2)nnc1[C@@H](C)NC(=O)c1ccccc1F. The summed E-state index contributed by atoms with van der Waals surface area (Å²) in [4.78, 5) is 24.9. The van der Waals surface area contributed by atoms with Crippen LogP contribution in [0.5, 0.6) is 0 Å². The number of thioether (sulfide) groups is 1. The van der Waals surface area contributed by atoms with Crippen LogP contribution in [0.25, 0.3) is 0 Å². The highest BCUT2D eigenvalue weighted by Gasteiger charge is 2.21. The van der Waals surface area contributed by atoms with Crippen LogP contribution in [0.3, 0.4) is 0 Å². The van der Waals surface area contributed by atoms with Crippen LogP contribution in [0.15, 0.2) is 66.3 Å². The Morgan fingerprint density at radius 1 is 1.12 bits per heavy atom. The standard InChI is InChI=1S/C25H28FN5O2S/c1-5-14-31-23(17(4)27-24(33)20-8-6-7-9-21(20)26)29-30-25(31)34-15-22(32)28-19-12-10-18(11-13-19)16(2)3/h5-13,16-17H,1,14-15H2,2-4H3,(H,27,33)(H,28,32)/t17-/m1/s1. The van der Waals surface area contributed by atoms with Gasteiger partial charge in [0.2, 0.25) is 5.91 Å². The van der Waals surface area contributed by atoms with Crippen LogP contribution < -0.4 is 10.6 Å². The van der Waals surface area contributed by atoms with Gasteiger partial charge in [0.25, 0.3) is 5.91 Å². The van der Waals surface area contributed by atoms with Gasteiger partial charge in [-0.15, -0.1) is 16.8 Å². The monoisotopic (exact) mass is 481 g/mol. The number of hydrogen-bond acceptors (Lipinski definition) is 5. The Labute approximate surface area is 202 Å². The van der Waals surface area contributed by atoms with Crippen molar-refractivity contribution < 1.29 is 14.0 Å². The first-order valence-electron chi connectivity index (χ1n) is 10.9. The smallest absolute Gasteiger partial charge is 0.254 e. The molecule has 1 heterocycles. The van der Waals surface area contributed by atoms with E-state index >= 15 is 0 Å². The summed E-state index contributed by atoms with van der Waals surface area (Å²) in [7, 11) is 0. The Hall–Kier alpha value is -3.46. The molecule has 0 aliphatic rings. The van der Waals surface area contributed by atoms with Crippen LogP contribution in [-0.4, -0.2) is 32.3 Å². The maximum absolute atomic E-state index is 13.9. The predicted molar refractivity (Wildman–Crippen MR) is 132 cm³/mol. The molecule has 7 nitrogen and oxygen atoms in total. The molecule has 2 amide bonds. The van der Waals surface area contributed by atoms with Gasteiger partial charge in [-0.05, 0) is 42.7 Å². The summed E-state index contributed by atoms with van der Waals surface area (Å²) in [5.74, 6) is -0.270. The van der Waals surface area contributed by atoms with E-state index in [0.29, 0.717) is 23.4 Å². The van der Waals surface area contributed by atoms with Crippen molar-refractivity contribution in [3.05, 3.63) is 84.0 Å². The minimum Gasteiger partial charge on any atom is -0.342 e. The molecule has 3 aromatic rings. The van der Waals surface area contributed by atoms with Gasteiger partial charge in [-0.3, -0.25) is 9.59 Å². The molecule has 0 saturated carbocycles. The third-order valence-corrected chi connectivity index (χ3v) is 6.07. The van der Waals surface area contributed by atoms with Crippen molar-refractivity contribution in [2.24, 2.45) is 0 Å². The lowest BCUT2D eigenvalue weighted by Gasteiger charge is -2.15. The van der Waals surface area contributed by atoms with Gasteiger partial charge in [0.1, 0.15) is 5.82 Å². The van der Waals surface area contributed by atoms with Crippen molar-refractivity contribution >= 4 is 29.3 Å². The fourth-order valence-corrected chi connectivity index (χ4v) is 4.05. The number of nitrogens with zero attached hydrogens (tertiary/aromatic N) is 3. The first-order valence-corrected chi connectivity index (χ1v) is 11.9. The molecule has 0 saturated heterocycles. The number of amides is 2. The Morgan fingerprint density at radius 3 is 2.47 bits per heavy atom. The number of benzene rings is 2. The summed E-state index contributed by atoms with van der Waals surface area (Å²) in [5.41, 5.74) is 1.89. The highest BCUT2D eigenvalue weighted by molar-refractivity contribution is 7.99. The Morgan fingerprint density at radius 2 is 1.82 bits per heavy atom. The second-order valence-electron chi connectivity index (χ2n) is 8.03. The van der Waals surface area contributed by atoms with Crippen LogP contribution >= 0.6 is 11.8 Å². The average Bonchev–Trinajstić information content (AvgIpc) is 3.21. The summed E-state index contributed by atoms with van der Waals surface area (Å²) in [6, 6.07) is 13.0. The van der Waals surface area contributed by atoms with Crippen LogP contribution in [-0.2, 0) is 11.3 Å². The molecule has 0 aliphatic carbocycles. The van der Waals surface area contributed by atoms with Crippen molar-refractivity contribution in [3.63, 3.8) is 0 Å². The fraction of sp³-hybridized carbons (Fsp3) is 0.280. The van der Waals surface area contributed by atoms with Crippen molar-refractivity contribution in [2.45, 2.75) is 44.4 Å². The zero-order chi connectivity index (χ0) is 24.7. The van der Waals surface area contributed by atoms with E-state index in [-0.39, 0.29) is 17.2 Å². The highest BCUT2D eigenvalue weighted by Crippen LogP contribution is 2.22. The summed E-state index contributed by atoms with van der Waals surface area (Å²) in [6.07, 6.45) is 1.68.